The molecule has 3 aromatic rings. The molecule has 2 aromatic carbocycles. The summed E-state index contributed by atoms with van der Waals surface area (Å²) in [5.74, 6) is 0.979. The number of benzene rings is 2. The van der Waals surface area contributed by atoms with Gasteiger partial charge in [0.05, 0.1) is 12.8 Å². The molecule has 0 spiro atoms. The van der Waals surface area contributed by atoms with E-state index < -0.39 is 5.97 Å². The Labute approximate surface area is 149 Å². The normalized spacial score (nSPS) is 10.3. The lowest BCUT2D eigenvalue weighted by Crippen LogP contribution is -2.14. The molecule has 0 bridgehead atoms. The number of hydrogen-bond acceptors (Lipinski definition) is 6. The van der Waals surface area contributed by atoms with Gasteiger partial charge in [0, 0.05) is 10.9 Å². The first-order valence-corrected chi connectivity index (χ1v) is 8.55. The number of esters is 1. The molecule has 0 saturated carbocycles. The minimum Gasteiger partial charge on any atom is -0.497 e. The second kappa shape index (κ2) is 8.30. The molecule has 0 N–H and O–H groups in total. The molecule has 0 saturated heterocycles. The van der Waals surface area contributed by atoms with Gasteiger partial charge in [0.15, 0.2) is 6.61 Å². The van der Waals surface area contributed by atoms with Crippen LogP contribution in [0.4, 0.5) is 0 Å². The Morgan fingerprint density at radius 3 is 2.68 bits per heavy atom. The van der Waals surface area contributed by atoms with E-state index in [2.05, 4.69) is 4.98 Å². The smallest absolute Gasteiger partial charge is 0.344 e. The number of hydrogen-bond donors (Lipinski definition) is 0. The molecular formula is C19H17NO4S. The molecule has 0 atom stereocenters. The van der Waals surface area contributed by atoms with E-state index in [-0.39, 0.29) is 13.2 Å². The Kier molecular flexibility index (Phi) is 5.64. The number of rotatable bonds is 7. The summed E-state index contributed by atoms with van der Waals surface area (Å²) in [6.45, 7) is -0.00561. The number of ether oxygens (including phenoxy) is 3. The fourth-order valence-corrected chi connectivity index (χ4v) is 2.92. The summed E-state index contributed by atoms with van der Waals surface area (Å²) in [6.07, 6.45) is 0. The number of carbonyl (C=O) groups is 1. The molecule has 0 aliphatic rings. The molecule has 128 valence electrons. The van der Waals surface area contributed by atoms with E-state index in [0.29, 0.717) is 11.4 Å². The summed E-state index contributed by atoms with van der Waals surface area (Å²) >= 11 is 1.49. The topological polar surface area (TPSA) is 57.7 Å². The molecule has 25 heavy (non-hydrogen) atoms. The Bertz CT molecular complexity index is 832. The van der Waals surface area contributed by atoms with Crippen LogP contribution in [0.5, 0.6) is 11.5 Å². The zero-order valence-corrected chi connectivity index (χ0v) is 14.5. The van der Waals surface area contributed by atoms with Crippen LogP contribution in [0, 0.1) is 0 Å². The fourth-order valence-electron chi connectivity index (χ4n) is 2.12. The molecule has 0 aliphatic carbocycles. The summed E-state index contributed by atoms with van der Waals surface area (Å²) < 4.78 is 15.8. The van der Waals surface area contributed by atoms with E-state index in [0.717, 1.165) is 16.3 Å². The van der Waals surface area contributed by atoms with E-state index >= 15 is 0 Å². The van der Waals surface area contributed by atoms with Gasteiger partial charge in [-0.15, -0.1) is 11.3 Å². The summed E-state index contributed by atoms with van der Waals surface area (Å²) in [5.41, 5.74) is 1.67. The molecule has 0 amide bonds. The summed E-state index contributed by atoms with van der Waals surface area (Å²) in [5, 5.41) is 2.73. The molecule has 0 aliphatic heterocycles. The second-order valence-corrected chi connectivity index (χ2v) is 6.00. The van der Waals surface area contributed by atoms with Crippen molar-refractivity contribution in [3.05, 3.63) is 65.7 Å². The van der Waals surface area contributed by atoms with Crippen LogP contribution < -0.4 is 9.47 Å². The monoisotopic (exact) mass is 355 g/mol. The average Bonchev–Trinajstić information content (AvgIpc) is 3.15. The SMILES string of the molecule is COc1cccc(-c2nc(COC(=O)COc3ccccc3)cs2)c1. The third-order valence-corrected chi connectivity index (χ3v) is 4.29. The van der Waals surface area contributed by atoms with Crippen molar-refractivity contribution in [2.75, 3.05) is 13.7 Å². The number of para-hydroxylation sites is 1. The molecular weight excluding hydrogens is 338 g/mol. The molecule has 6 heteroatoms. The molecule has 1 heterocycles. The number of aromatic nitrogens is 1. The van der Waals surface area contributed by atoms with Crippen LogP contribution in [0.15, 0.2) is 60.0 Å². The van der Waals surface area contributed by atoms with E-state index in [1.165, 1.54) is 11.3 Å². The number of carbonyl (C=O) groups excluding carboxylic acids is 1. The summed E-state index contributed by atoms with van der Waals surface area (Å²) in [7, 11) is 1.63. The number of nitrogens with zero attached hydrogens (tertiary/aromatic N) is 1. The van der Waals surface area contributed by atoms with Crippen LogP contribution in [0.3, 0.4) is 0 Å². The van der Waals surface area contributed by atoms with Crippen molar-refractivity contribution in [2.24, 2.45) is 0 Å². The van der Waals surface area contributed by atoms with Crippen LogP contribution in [-0.2, 0) is 16.1 Å². The third kappa shape index (κ3) is 4.81. The van der Waals surface area contributed by atoms with Gasteiger partial charge in [-0.05, 0) is 24.3 Å². The van der Waals surface area contributed by atoms with Crippen LogP contribution >= 0.6 is 11.3 Å². The lowest BCUT2D eigenvalue weighted by molar-refractivity contribution is -0.147. The standard InChI is InChI=1S/C19H17NO4S/c1-22-17-9-5-6-14(10-17)19-20-15(13-25-19)11-24-18(21)12-23-16-7-3-2-4-8-16/h2-10,13H,11-12H2,1H3. The van der Waals surface area contributed by atoms with Gasteiger partial charge in [-0.3, -0.25) is 0 Å². The van der Waals surface area contributed by atoms with E-state index in [4.69, 9.17) is 14.2 Å². The summed E-state index contributed by atoms with van der Waals surface area (Å²) in [6, 6.07) is 16.8. The molecule has 5 nitrogen and oxygen atoms in total. The maximum Gasteiger partial charge on any atom is 0.344 e. The highest BCUT2D eigenvalue weighted by atomic mass is 32.1. The maximum absolute atomic E-state index is 11.8. The van der Waals surface area contributed by atoms with E-state index in [1.807, 2.05) is 47.8 Å². The Balaban J connectivity index is 1.52. The highest BCUT2D eigenvalue weighted by molar-refractivity contribution is 7.13. The predicted molar refractivity (Wildman–Crippen MR) is 95.8 cm³/mol. The zero-order chi connectivity index (χ0) is 17.5. The number of methoxy groups -OCH3 is 1. The minimum absolute atomic E-state index is 0.122. The largest absolute Gasteiger partial charge is 0.497 e. The Morgan fingerprint density at radius 2 is 1.88 bits per heavy atom. The Hall–Kier alpha value is -2.86. The molecule has 0 radical (unpaired) electrons. The highest BCUT2D eigenvalue weighted by Crippen LogP contribution is 2.27. The van der Waals surface area contributed by atoms with E-state index in [9.17, 15) is 4.79 Å². The third-order valence-electron chi connectivity index (χ3n) is 3.35. The van der Waals surface area contributed by atoms with Gasteiger partial charge in [-0.2, -0.15) is 0 Å². The molecule has 1 aromatic heterocycles. The van der Waals surface area contributed by atoms with Crippen molar-refractivity contribution in [3.63, 3.8) is 0 Å². The van der Waals surface area contributed by atoms with Gasteiger partial charge in [-0.25, -0.2) is 9.78 Å². The summed E-state index contributed by atoms with van der Waals surface area (Å²) in [4.78, 5) is 16.3. The first-order chi connectivity index (χ1) is 12.2. The highest BCUT2D eigenvalue weighted by Gasteiger charge is 2.09. The van der Waals surface area contributed by atoms with Gasteiger partial charge < -0.3 is 14.2 Å². The van der Waals surface area contributed by atoms with Crippen LogP contribution in [-0.4, -0.2) is 24.7 Å². The van der Waals surface area contributed by atoms with Crippen molar-refractivity contribution >= 4 is 17.3 Å². The molecule has 0 unspecified atom stereocenters. The lowest BCUT2D eigenvalue weighted by Gasteiger charge is -2.05. The van der Waals surface area contributed by atoms with Crippen molar-refractivity contribution in [1.82, 2.24) is 4.98 Å². The van der Waals surface area contributed by atoms with Gasteiger partial charge in [0.25, 0.3) is 0 Å². The molecule has 3 rings (SSSR count). The second-order valence-electron chi connectivity index (χ2n) is 5.14. The Morgan fingerprint density at radius 1 is 1.08 bits per heavy atom. The first kappa shape index (κ1) is 17.0. The lowest BCUT2D eigenvalue weighted by atomic mass is 10.2. The van der Waals surface area contributed by atoms with Gasteiger partial charge in [0.1, 0.15) is 23.1 Å². The average molecular weight is 355 g/mol. The number of thiazole rings is 1. The van der Waals surface area contributed by atoms with Crippen molar-refractivity contribution < 1.29 is 19.0 Å². The van der Waals surface area contributed by atoms with Crippen LogP contribution in [0.2, 0.25) is 0 Å². The van der Waals surface area contributed by atoms with Crippen LogP contribution in [0.25, 0.3) is 10.6 Å². The first-order valence-electron chi connectivity index (χ1n) is 7.67. The van der Waals surface area contributed by atoms with Crippen LogP contribution in [0.1, 0.15) is 5.69 Å². The molecule has 0 fully saturated rings. The van der Waals surface area contributed by atoms with Gasteiger partial charge >= 0.3 is 5.97 Å². The fraction of sp³-hybridized carbons (Fsp3) is 0.158. The quantitative estimate of drug-likeness (QED) is 0.601. The van der Waals surface area contributed by atoms with E-state index in [1.54, 1.807) is 19.2 Å². The van der Waals surface area contributed by atoms with Crippen molar-refractivity contribution in [2.45, 2.75) is 6.61 Å². The van der Waals surface area contributed by atoms with Crippen molar-refractivity contribution in [1.29, 1.82) is 0 Å². The zero-order valence-electron chi connectivity index (χ0n) is 13.7. The van der Waals surface area contributed by atoms with Gasteiger partial charge in [-0.1, -0.05) is 30.3 Å². The van der Waals surface area contributed by atoms with Crippen molar-refractivity contribution in [3.8, 4) is 22.1 Å². The minimum atomic E-state index is -0.431. The van der Waals surface area contributed by atoms with Gasteiger partial charge in [0.2, 0.25) is 0 Å². The maximum atomic E-state index is 11.8. The predicted octanol–water partition coefficient (Wildman–Crippen LogP) is 3.94.